The molecule has 0 saturated carbocycles. The van der Waals surface area contributed by atoms with E-state index in [1.54, 1.807) is 18.6 Å². The lowest BCUT2D eigenvalue weighted by Gasteiger charge is -2.19. The predicted octanol–water partition coefficient (Wildman–Crippen LogP) is 2.28. The molecule has 6 heteroatoms. The summed E-state index contributed by atoms with van der Waals surface area (Å²) in [4.78, 5) is 24.0. The summed E-state index contributed by atoms with van der Waals surface area (Å²) in [5.41, 5.74) is 1.01. The molecule has 4 rings (SSSR count). The van der Waals surface area contributed by atoms with E-state index in [4.69, 9.17) is 0 Å². The molecule has 5 nitrogen and oxygen atoms in total. The van der Waals surface area contributed by atoms with E-state index in [9.17, 15) is 4.79 Å². The summed E-state index contributed by atoms with van der Waals surface area (Å²) in [5.74, 6) is 1.61. The molecule has 120 valence electrons. The first-order chi connectivity index (χ1) is 11.3. The van der Waals surface area contributed by atoms with Gasteiger partial charge >= 0.3 is 0 Å². The molecule has 1 N–H and O–H groups in total. The number of thiazole rings is 1. The van der Waals surface area contributed by atoms with Crippen LogP contribution < -0.4 is 5.32 Å². The summed E-state index contributed by atoms with van der Waals surface area (Å²) in [6.07, 6.45) is 7.44. The van der Waals surface area contributed by atoms with Crippen molar-refractivity contribution in [2.75, 3.05) is 26.2 Å². The van der Waals surface area contributed by atoms with Crippen LogP contribution in [0.25, 0.3) is 10.6 Å². The fourth-order valence-electron chi connectivity index (χ4n) is 3.58. The second kappa shape index (κ2) is 6.37. The van der Waals surface area contributed by atoms with Gasteiger partial charge in [0.1, 0.15) is 9.88 Å². The molecule has 0 radical (unpaired) electrons. The van der Waals surface area contributed by atoms with Crippen LogP contribution >= 0.6 is 11.3 Å². The van der Waals surface area contributed by atoms with Gasteiger partial charge in [-0.1, -0.05) is 0 Å². The highest BCUT2D eigenvalue weighted by atomic mass is 32.1. The van der Waals surface area contributed by atoms with Gasteiger partial charge in [-0.3, -0.25) is 9.78 Å². The van der Waals surface area contributed by atoms with Crippen molar-refractivity contribution in [2.24, 2.45) is 11.8 Å². The van der Waals surface area contributed by atoms with Gasteiger partial charge in [0, 0.05) is 31.0 Å². The summed E-state index contributed by atoms with van der Waals surface area (Å²) in [6.45, 7) is 3.95. The first-order valence-corrected chi connectivity index (χ1v) is 8.99. The summed E-state index contributed by atoms with van der Waals surface area (Å²) >= 11 is 1.47. The van der Waals surface area contributed by atoms with Crippen LogP contribution in [0.5, 0.6) is 0 Å². The SMILES string of the molecule is O=C(c1cnc(-c2ccncc2)s1)N1CC[C@@H]2CNC[C@@H]2CC1. The Labute approximate surface area is 139 Å². The Balaban J connectivity index is 1.48. The van der Waals surface area contributed by atoms with Crippen molar-refractivity contribution in [1.29, 1.82) is 0 Å². The molecule has 0 aromatic carbocycles. The van der Waals surface area contributed by atoms with Crippen molar-refractivity contribution >= 4 is 17.2 Å². The molecule has 0 bridgehead atoms. The predicted molar refractivity (Wildman–Crippen MR) is 90.3 cm³/mol. The minimum Gasteiger partial charge on any atom is -0.338 e. The van der Waals surface area contributed by atoms with Gasteiger partial charge in [0.15, 0.2) is 0 Å². The average molecular weight is 328 g/mol. The van der Waals surface area contributed by atoms with Crippen molar-refractivity contribution in [3.63, 3.8) is 0 Å². The van der Waals surface area contributed by atoms with Gasteiger partial charge in [-0.05, 0) is 49.9 Å². The quantitative estimate of drug-likeness (QED) is 0.919. The zero-order valence-electron chi connectivity index (χ0n) is 12.9. The third-order valence-corrected chi connectivity index (χ3v) is 5.98. The number of nitrogens with one attached hydrogen (secondary N) is 1. The number of likely N-dealkylation sites (tertiary alicyclic amines) is 1. The molecule has 2 fully saturated rings. The van der Waals surface area contributed by atoms with Crippen LogP contribution in [0.3, 0.4) is 0 Å². The Morgan fingerprint density at radius 2 is 1.87 bits per heavy atom. The van der Waals surface area contributed by atoms with Crippen molar-refractivity contribution in [1.82, 2.24) is 20.2 Å². The number of amides is 1. The van der Waals surface area contributed by atoms with Crippen molar-refractivity contribution in [3.8, 4) is 10.6 Å². The van der Waals surface area contributed by atoms with Crippen LogP contribution in [0.2, 0.25) is 0 Å². The molecule has 0 spiro atoms. The number of nitrogens with zero attached hydrogens (tertiary/aromatic N) is 3. The maximum atomic E-state index is 12.8. The largest absolute Gasteiger partial charge is 0.338 e. The van der Waals surface area contributed by atoms with Crippen LogP contribution in [0.15, 0.2) is 30.7 Å². The Kier molecular flexibility index (Phi) is 4.10. The summed E-state index contributed by atoms with van der Waals surface area (Å²) in [5, 5.41) is 4.35. The third kappa shape index (κ3) is 3.01. The molecule has 4 heterocycles. The maximum absolute atomic E-state index is 12.8. The van der Waals surface area contributed by atoms with E-state index in [0.717, 1.165) is 66.3 Å². The van der Waals surface area contributed by atoms with Gasteiger partial charge in [-0.25, -0.2) is 4.98 Å². The van der Waals surface area contributed by atoms with Gasteiger partial charge in [0.05, 0.1) is 6.20 Å². The van der Waals surface area contributed by atoms with Gasteiger partial charge in [0.25, 0.3) is 5.91 Å². The van der Waals surface area contributed by atoms with Gasteiger partial charge in [-0.15, -0.1) is 11.3 Å². The van der Waals surface area contributed by atoms with Crippen LogP contribution in [0.1, 0.15) is 22.5 Å². The van der Waals surface area contributed by atoms with E-state index in [0.29, 0.717) is 0 Å². The molecule has 2 saturated heterocycles. The topological polar surface area (TPSA) is 58.1 Å². The molecule has 2 aliphatic heterocycles. The second-order valence-corrected chi connectivity index (χ2v) is 7.34. The zero-order chi connectivity index (χ0) is 15.6. The number of hydrogen-bond acceptors (Lipinski definition) is 5. The first kappa shape index (κ1) is 14.8. The first-order valence-electron chi connectivity index (χ1n) is 8.17. The fourth-order valence-corrected chi connectivity index (χ4v) is 4.47. The standard InChI is InChI=1S/C17H20N4OS/c22-17(21-7-3-13-9-19-10-14(13)4-8-21)15-11-20-16(23-15)12-1-5-18-6-2-12/h1-2,5-6,11,13-14,19H,3-4,7-10H2/t13-,14+. The van der Waals surface area contributed by atoms with Crippen LogP contribution in [-0.4, -0.2) is 47.0 Å². The Morgan fingerprint density at radius 1 is 1.17 bits per heavy atom. The number of pyridine rings is 1. The molecule has 2 aromatic heterocycles. The minimum atomic E-state index is 0.135. The van der Waals surface area contributed by atoms with E-state index >= 15 is 0 Å². The molecule has 0 aliphatic carbocycles. The lowest BCUT2D eigenvalue weighted by Crippen LogP contribution is -2.32. The van der Waals surface area contributed by atoms with Gasteiger partial charge in [-0.2, -0.15) is 0 Å². The van der Waals surface area contributed by atoms with Gasteiger partial charge in [0.2, 0.25) is 0 Å². The van der Waals surface area contributed by atoms with E-state index in [-0.39, 0.29) is 5.91 Å². The maximum Gasteiger partial charge on any atom is 0.265 e. The fraction of sp³-hybridized carbons (Fsp3) is 0.471. The molecule has 23 heavy (non-hydrogen) atoms. The summed E-state index contributed by atoms with van der Waals surface area (Å²) in [7, 11) is 0. The summed E-state index contributed by atoms with van der Waals surface area (Å²) < 4.78 is 0. The number of rotatable bonds is 2. The molecule has 2 aliphatic rings. The third-order valence-electron chi connectivity index (χ3n) is 4.95. The molecular weight excluding hydrogens is 308 g/mol. The highest BCUT2D eigenvalue weighted by Gasteiger charge is 2.32. The van der Waals surface area contributed by atoms with Crippen LogP contribution in [0, 0.1) is 11.8 Å². The number of carbonyl (C=O) groups excluding carboxylic acids is 1. The number of fused-ring (bicyclic) bond motifs is 1. The van der Waals surface area contributed by atoms with Crippen molar-refractivity contribution < 1.29 is 4.79 Å². The molecular formula is C17H20N4OS. The van der Waals surface area contributed by atoms with E-state index in [2.05, 4.69) is 15.3 Å². The Hall–Kier alpha value is -1.79. The highest BCUT2D eigenvalue weighted by molar-refractivity contribution is 7.16. The zero-order valence-corrected chi connectivity index (χ0v) is 13.8. The average Bonchev–Trinajstić information content (AvgIpc) is 3.21. The number of carbonyl (C=O) groups is 1. The van der Waals surface area contributed by atoms with Crippen molar-refractivity contribution in [3.05, 3.63) is 35.6 Å². The van der Waals surface area contributed by atoms with Crippen LogP contribution in [0.4, 0.5) is 0 Å². The Morgan fingerprint density at radius 3 is 2.57 bits per heavy atom. The second-order valence-electron chi connectivity index (χ2n) is 6.31. The lowest BCUT2D eigenvalue weighted by molar-refractivity contribution is 0.0763. The van der Waals surface area contributed by atoms with Crippen LogP contribution in [-0.2, 0) is 0 Å². The smallest absolute Gasteiger partial charge is 0.265 e. The molecule has 0 unspecified atom stereocenters. The highest BCUT2D eigenvalue weighted by Crippen LogP contribution is 2.29. The van der Waals surface area contributed by atoms with E-state index in [1.165, 1.54) is 11.3 Å². The van der Waals surface area contributed by atoms with Gasteiger partial charge < -0.3 is 10.2 Å². The monoisotopic (exact) mass is 328 g/mol. The molecule has 2 aromatic rings. The molecule has 1 amide bonds. The lowest BCUT2D eigenvalue weighted by atomic mass is 9.92. The van der Waals surface area contributed by atoms with E-state index < -0.39 is 0 Å². The Bertz CT molecular complexity index is 673. The normalized spacial score (nSPS) is 24.3. The minimum absolute atomic E-state index is 0.135. The van der Waals surface area contributed by atoms with Crippen molar-refractivity contribution in [2.45, 2.75) is 12.8 Å². The molecule has 2 atom stereocenters. The van der Waals surface area contributed by atoms with E-state index in [1.807, 2.05) is 17.0 Å². The number of aromatic nitrogens is 2. The summed E-state index contributed by atoms with van der Waals surface area (Å²) in [6, 6.07) is 3.85. The number of hydrogen-bond donors (Lipinski definition) is 1.